The largest absolute Gasteiger partial charge is 0.496 e. The molecule has 3 N–H and O–H groups in total. The van der Waals surface area contributed by atoms with Gasteiger partial charge in [-0.25, -0.2) is 0 Å². The summed E-state index contributed by atoms with van der Waals surface area (Å²) in [5.74, 6) is 0.730. The summed E-state index contributed by atoms with van der Waals surface area (Å²) in [6.07, 6.45) is 0.809. The van der Waals surface area contributed by atoms with Crippen molar-refractivity contribution in [1.82, 2.24) is 6.15 Å². The quantitative estimate of drug-likeness (QED) is 0.651. The van der Waals surface area contributed by atoms with E-state index in [1.165, 1.54) is 13.2 Å². The van der Waals surface area contributed by atoms with Gasteiger partial charge in [0.05, 0.1) is 24.7 Å². The van der Waals surface area contributed by atoms with Crippen molar-refractivity contribution in [2.45, 2.75) is 13.3 Å². The fourth-order valence-corrected chi connectivity index (χ4v) is 1.10. The highest BCUT2D eigenvalue weighted by atomic mass is 35.5. The van der Waals surface area contributed by atoms with E-state index in [0.29, 0.717) is 12.4 Å². The maximum Gasteiger partial charge on any atom is 0.314 e. The number of nitro groups is 1. The Hall–Kier alpha value is -1.53. The van der Waals surface area contributed by atoms with E-state index in [1.54, 1.807) is 12.1 Å². The monoisotopic (exact) mass is 264 g/mol. The van der Waals surface area contributed by atoms with Gasteiger partial charge in [0.1, 0.15) is 5.75 Å². The summed E-state index contributed by atoms with van der Waals surface area (Å²) in [5.41, 5.74) is -0.0669. The third-order valence-electron chi connectivity index (χ3n) is 1.82. The minimum absolute atomic E-state index is 0. The van der Waals surface area contributed by atoms with Gasteiger partial charge < -0.3 is 15.6 Å². The Labute approximate surface area is 106 Å². The maximum absolute atomic E-state index is 10.7. The lowest BCUT2D eigenvalue weighted by Crippen LogP contribution is -1.99. The second-order valence-corrected chi connectivity index (χ2v) is 2.94. The van der Waals surface area contributed by atoms with Crippen molar-refractivity contribution in [2.24, 2.45) is 0 Å². The molecule has 0 unspecified atom stereocenters. The molecule has 0 aromatic heterocycles. The van der Waals surface area contributed by atoms with Crippen LogP contribution in [0.1, 0.15) is 13.3 Å². The molecule has 0 heterocycles. The van der Waals surface area contributed by atoms with Crippen molar-refractivity contribution < 1.29 is 14.4 Å². The molecule has 0 atom stereocenters. The molecule has 7 heteroatoms. The SMILES string of the molecule is CCCOc1ccc(OC)cc1[N+](=O)[O-].Cl.N. The van der Waals surface area contributed by atoms with Crippen molar-refractivity contribution in [3.8, 4) is 11.5 Å². The Balaban J connectivity index is 0. The Morgan fingerprint density at radius 3 is 2.53 bits per heavy atom. The van der Waals surface area contributed by atoms with E-state index in [9.17, 15) is 10.1 Å². The Morgan fingerprint density at radius 2 is 2.06 bits per heavy atom. The van der Waals surface area contributed by atoms with Gasteiger partial charge in [0.15, 0.2) is 5.75 Å². The summed E-state index contributed by atoms with van der Waals surface area (Å²) in [7, 11) is 1.46. The van der Waals surface area contributed by atoms with Gasteiger partial charge >= 0.3 is 5.69 Å². The van der Waals surface area contributed by atoms with Crippen LogP contribution in [0.2, 0.25) is 0 Å². The molecule has 17 heavy (non-hydrogen) atoms. The third-order valence-corrected chi connectivity index (χ3v) is 1.82. The van der Waals surface area contributed by atoms with Crippen molar-refractivity contribution >= 4 is 18.1 Å². The molecule has 0 amide bonds. The van der Waals surface area contributed by atoms with Gasteiger partial charge in [-0.1, -0.05) is 6.92 Å². The minimum atomic E-state index is -0.479. The zero-order valence-electron chi connectivity index (χ0n) is 9.84. The average molecular weight is 265 g/mol. The number of benzene rings is 1. The Kier molecular flexibility index (Phi) is 9.03. The van der Waals surface area contributed by atoms with E-state index in [1.807, 2.05) is 6.92 Å². The Morgan fingerprint density at radius 1 is 1.41 bits per heavy atom. The number of ether oxygens (including phenoxy) is 2. The summed E-state index contributed by atoms with van der Waals surface area (Å²) in [6, 6.07) is 4.54. The molecule has 0 aliphatic heterocycles. The van der Waals surface area contributed by atoms with Crippen LogP contribution in [-0.2, 0) is 0 Å². The second kappa shape index (κ2) is 8.60. The van der Waals surface area contributed by atoms with Crippen LogP contribution in [0.25, 0.3) is 0 Å². The van der Waals surface area contributed by atoms with E-state index < -0.39 is 4.92 Å². The van der Waals surface area contributed by atoms with Crippen molar-refractivity contribution in [1.29, 1.82) is 0 Å². The molecule has 0 saturated carbocycles. The van der Waals surface area contributed by atoms with Crippen LogP contribution in [0.5, 0.6) is 11.5 Å². The van der Waals surface area contributed by atoms with Crippen LogP contribution in [-0.4, -0.2) is 18.6 Å². The summed E-state index contributed by atoms with van der Waals surface area (Å²) < 4.78 is 10.2. The number of nitrogens with zero attached hydrogens (tertiary/aromatic N) is 1. The van der Waals surface area contributed by atoms with Gasteiger partial charge in [0.2, 0.25) is 0 Å². The van der Waals surface area contributed by atoms with Crippen LogP contribution in [0.15, 0.2) is 18.2 Å². The number of halogens is 1. The first kappa shape index (κ1) is 17.9. The Bertz CT molecular complexity index is 360. The first-order chi connectivity index (χ1) is 7.19. The lowest BCUT2D eigenvalue weighted by atomic mass is 10.3. The fourth-order valence-electron chi connectivity index (χ4n) is 1.10. The molecule has 1 aromatic rings. The number of hydrogen-bond acceptors (Lipinski definition) is 5. The molecule has 6 nitrogen and oxygen atoms in total. The molecule has 0 bridgehead atoms. The summed E-state index contributed by atoms with van der Waals surface area (Å²) in [4.78, 5) is 10.2. The molecule has 0 radical (unpaired) electrons. The van der Waals surface area contributed by atoms with E-state index in [0.717, 1.165) is 6.42 Å². The van der Waals surface area contributed by atoms with Crippen LogP contribution in [0.4, 0.5) is 5.69 Å². The number of methoxy groups -OCH3 is 1. The van der Waals surface area contributed by atoms with Crippen molar-refractivity contribution in [3.63, 3.8) is 0 Å². The van der Waals surface area contributed by atoms with Crippen molar-refractivity contribution in [2.75, 3.05) is 13.7 Å². The third kappa shape index (κ3) is 4.88. The highest BCUT2D eigenvalue weighted by Crippen LogP contribution is 2.30. The van der Waals surface area contributed by atoms with E-state index in [-0.39, 0.29) is 30.0 Å². The molecule has 1 rings (SSSR count). The van der Waals surface area contributed by atoms with Crippen molar-refractivity contribution in [3.05, 3.63) is 28.3 Å². The first-order valence-electron chi connectivity index (χ1n) is 4.64. The molecular weight excluding hydrogens is 248 g/mol. The predicted molar refractivity (Wildman–Crippen MR) is 67.7 cm³/mol. The molecular formula is C10H17ClN2O4. The zero-order chi connectivity index (χ0) is 11.3. The predicted octanol–water partition coefficient (Wildman–Crippen LogP) is 2.98. The molecule has 0 saturated heterocycles. The molecule has 98 valence electrons. The van der Waals surface area contributed by atoms with Crippen LogP contribution in [0, 0.1) is 10.1 Å². The normalized spacial score (nSPS) is 8.59. The van der Waals surface area contributed by atoms with Gasteiger partial charge in [0, 0.05) is 0 Å². The van der Waals surface area contributed by atoms with E-state index in [4.69, 9.17) is 9.47 Å². The molecule has 0 spiro atoms. The second-order valence-electron chi connectivity index (χ2n) is 2.94. The fraction of sp³-hybridized carbons (Fsp3) is 0.400. The summed E-state index contributed by atoms with van der Waals surface area (Å²) in [5, 5.41) is 10.7. The maximum atomic E-state index is 10.7. The lowest BCUT2D eigenvalue weighted by Gasteiger charge is -2.06. The number of hydrogen-bond donors (Lipinski definition) is 1. The average Bonchev–Trinajstić information content (AvgIpc) is 2.26. The van der Waals surface area contributed by atoms with Crippen LogP contribution >= 0.6 is 12.4 Å². The molecule has 0 aliphatic rings. The highest BCUT2D eigenvalue weighted by molar-refractivity contribution is 5.85. The molecule has 0 fully saturated rings. The van der Waals surface area contributed by atoms with Gasteiger partial charge in [-0.05, 0) is 18.6 Å². The van der Waals surface area contributed by atoms with Gasteiger partial charge in [-0.2, -0.15) is 0 Å². The minimum Gasteiger partial charge on any atom is -0.496 e. The van der Waals surface area contributed by atoms with E-state index >= 15 is 0 Å². The van der Waals surface area contributed by atoms with E-state index in [2.05, 4.69) is 0 Å². The highest BCUT2D eigenvalue weighted by Gasteiger charge is 2.15. The topological polar surface area (TPSA) is 96.6 Å². The lowest BCUT2D eigenvalue weighted by molar-refractivity contribution is -0.385. The number of nitro benzene ring substituents is 1. The zero-order valence-corrected chi connectivity index (χ0v) is 10.7. The van der Waals surface area contributed by atoms with Gasteiger partial charge in [-0.3, -0.25) is 10.1 Å². The number of rotatable bonds is 5. The molecule has 1 aromatic carbocycles. The smallest absolute Gasteiger partial charge is 0.314 e. The summed E-state index contributed by atoms with van der Waals surface area (Å²) in [6.45, 7) is 2.41. The molecule has 0 aliphatic carbocycles. The van der Waals surface area contributed by atoms with Crippen LogP contribution in [0.3, 0.4) is 0 Å². The van der Waals surface area contributed by atoms with Gasteiger partial charge in [0.25, 0.3) is 0 Å². The summed E-state index contributed by atoms with van der Waals surface area (Å²) >= 11 is 0. The first-order valence-corrected chi connectivity index (χ1v) is 4.64. The van der Waals surface area contributed by atoms with Gasteiger partial charge in [-0.15, -0.1) is 12.4 Å². The standard InChI is InChI=1S/C10H13NO4.ClH.H3N/c1-3-6-15-10-5-4-8(14-2)7-9(10)11(12)13;;/h4-5,7H,3,6H2,1-2H3;1H;1H3. The van der Waals surface area contributed by atoms with Crippen LogP contribution < -0.4 is 15.6 Å².